The highest BCUT2D eigenvalue weighted by atomic mass is 16.5. The average molecular weight is 553 g/mol. The summed E-state index contributed by atoms with van der Waals surface area (Å²) in [6.45, 7) is 6.76. The quantitative estimate of drug-likeness (QED) is 0.0886. The molecule has 0 bridgehead atoms. The minimum atomic E-state index is -1.05. The molecule has 2 aliphatic rings. The van der Waals surface area contributed by atoms with Crippen molar-refractivity contribution in [2.45, 2.75) is 96.8 Å². The molecular weight excluding hydrogens is 504 g/mol. The number of benzene rings is 1. The van der Waals surface area contributed by atoms with Crippen LogP contribution in [0.5, 0.6) is 0 Å². The van der Waals surface area contributed by atoms with Gasteiger partial charge in [-0.05, 0) is 92.7 Å². The summed E-state index contributed by atoms with van der Waals surface area (Å²) in [4.78, 5) is 35.0. The highest BCUT2D eigenvalue weighted by molar-refractivity contribution is 6.34. The minimum Gasteiger partial charge on any atom is -0.462 e. The number of hydrogen-bond donors (Lipinski definition) is 1. The minimum absolute atomic E-state index is 0.00946. The molecule has 0 radical (unpaired) electrons. The Morgan fingerprint density at radius 2 is 1.75 bits per heavy atom. The second-order valence-electron chi connectivity index (χ2n) is 11.8. The Balaban J connectivity index is 1.56. The van der Waals surface area contributed by atoms with Gasteiger partial charge in [0.15, 0.2) is 0 Å². The molecule has 3 rings (SSSR count). The smallest absolute Gasteiger partial charge is 0.377 e. The Morgan fingerprint density at radius 1 is 1.00 bits per heavy atom. The van der Waals surface area contributed by atoms with Gasteiger partial charge in [0.1, 0.15) is 6.61 Å². The predicted octanol–water partition coefficient (Wildman–Crippen LogP) is 6.43. The molecule has 220 valence electrons. The van der Waals surface area contributed by atoms with Crippen LogP contribution >= 0.6 is 0 Å². The molecule has 1 aromatic rings. The lowest BCUT2D eigenvalue weighted by Crippen LogP contribution is -2.22. The molecule has 1 fully saturated rings. The maximum absolute atomic E-state index is 12.0. The zero-order valence-corrected chi connectivity index (χ0v) is 24.5. The van der Waals surface area contributed by atoms with Gasteiger partial charge < -0.3 is 14.6 Å². The molecule has 2 aliphatic carbocycles. The van der Waals surface area contributed by atoms with Crippen LogP contribution in [0.3, 0.4) is 0 Å². The summed E-state index contributed by atoms with van der Waals surface area (Å²) in [6.07, 6.45) is 19.4. The van der Waals surface area contributed by atoms with E-state index in [1.54, 1.807) is 6.92 Å². The lowest BCUT2D eigenvalue weighted by molar-refractivity contribution is -0.155. The number of ether oxygens (including phenoxy) is 2. The van der Waals surface area contributed by atoms with Crippen molar-refractivity contribution in [2.24, 2.45) is 17.8 Å². The van der Waals surface area contributed by atoms with Gasteiger partial charge in [-0.25, -0.2) is 9.59 Å². The van der Waals surface area contributed by atoms with E-state index in [1.165, 1.54) is 62.5 Å². The molecule has 0 amide bonds. The van der Waals surface area contributed by atoms with Gasteiger partial charge in [-0.3, -0.25) is 4.79 Å². The van der Waals surface area contributed by atoms with E-state index in [9.17, 15) is 14.4 Å². The van der Waals surface area contributed by atoms with E-state index in [4.69, 9.17) is 14.6 Å². The summed E-state index contributed by atoms with van der Waals surface area (Å²) < 4.78 is 10.5. The third kappa shape index (κ3) is 10.0. The molecule has 2 unspecified atom stereocenters. The molecule has 0 aromatic heterocycles. The number of allylic oxidation sites excluding steroid dienone is 2. The normalized spacial score (nSPS) is 21.4. The second kappa shape index (κ2) is 16.5. The third-order valence-electron chi connectivity index (χ3n) is 8.57. The van der Waals surface area contributed by atoms with Crippen LogP contribution in [0.1, 0.15) is 101 Å². The highest BCUT2D eigenvalue weighted by Gasteiger charge is 2.23. The number of aliphatic hydroxyl groups is 1. The number of Topliss-reactive ketones (excluding diaryl/α,β-unsaturated/α-hetero) is 1. The molecule has 1 N–H and O–H groups in total. The van der Waals surface area contributed by atoms with Crippen LogP contribution in [0.4, 0.5) is 0 Å². The number of aryl methyl sites for hydroxylation is 1. The predicted molar refractivity (Wildman–Crippen MR) is 157 cm³/mol. The van der Waals surface area contributed by atoms with E-state index in [0.29, 0.717) is 17.9 Å². The Kier molecular flexibility index (Phi) is 13.1. The fraction of sp³-hybridized carbons (Fsp3) is 0.618. The van der Waals surface area contributed by atoms with Crippen molar-refractivity contribution in [1.82, 2.24) is 0 Å². The zero-order chi connectivity index (χ0) is 28.9. The number of carbonyl (C=O) groups is 3. The van der Waals surface area contributed by atoms with Crippen molar-refractivity contribution in [3.63, 3.8) is 0 Å². The molecule has 1 saturated carbocycles. The van der Waals surface area contributed by atoms with E-state index in [2.05, 4.69) is 43.9 Å². The Morgan fingerprint density at radius 3 is 2.45 bits per heavy atom. The number of carbonyl (C=O) groups excluding carboxylic acids is 3. The SMILES string of the molecule is C=C(C)C(=O)OCC(CCOC(=O)C(=O)CO)c1ccc2c(c1)CCC(/C=C/C1CCC(CCCCC)CC1)C2. The van der Waals surface area contributed by atoms with Crippen molar-refractivity contribution in [3.8, 4) is 0 Å². The number of fused-ring (bicyclic) bond motifs is 1. The van der Waals surface area contributed by atoms with Gasteiger partial charge in [0.05, 0.1) is 13.2 Å². The standard InChI is InChI=1S/C34H48O6/c1-4-5-6-7-25-8-10-26(11-9-25)12-13-27-14-15-29-21-30(17-16-28(29)20-27)31(23-40-33(37)24(2)3)18-19-39-34(38)32(36)22-35/h12-13,16-17,21,25-27,31,35H,2,4-11,14-15,18-20,22-23H2,1,3H3/b13-12+. The van der Waals surface area contributed by atoms with Gasteiger partial charge >= 0.3 is 11.9 Å². The summed E-state index contributed by atoms with van der Waals surface area (Å²) >= 11 is 0. The molecule has 6 nitrogen and oxygen atoms in total. The molecule has 40 heavy (non-hydrogen) atoms. The monoisotopic (exact) mass is 552 g/mol. The molecule has 0 spiro atoms. The van der Waals surface area contributed by atoms with Gasteiger partial charge in [-0.1, -0.05) is 69.5 Å². The second-order valence-corrected chi connectivity index (χ2v) is 11.8. The summed E-state index contributed by atoms with van der Waals surface area (Å²) in [7, 11) is 0. The van der Waals surface area contributed by atoms with Crippen molar-refractivity contribution in [2.75, 3.05) is 19.8 Å². The molecule has 6 heteroatoms. The Labute approximate surface area is 240 Å². The lowest BCUT2D eigenvalue weighted by atomic mass is 9.78. The molecular formula is C34H48O6. The number of esters is 2. The summed E-state index contributed by atoms with van der Waals surface area (Å²) in [5.74, 6) is -0.444. The van der Waals surface area contributed by atoms with Crippen LogP contribution in [0.2, 0.25) is 0 Å². The first-order valence-electron chi connectivity index (χ1n) is 15.2. The number of ketones is 1. The zero-order valence-electron chi connectivity index (χ0n) is 24.5. The summed E-state index contributed by atoms with van der Waals surface area (Å²) in [5, 5.41) is 8.84. The van der Waals surface area contributed by atoms with E-state index in [0.717, 1.165) is 36.7 Å². The van der Waals surface area contributed by atoms with Crippen molar-refractivity contribution in [3.05, 3.63) is 59.2 Å². The van der Waals surface area contributed by atoms with Crippen LogP contribution in [0.25, 0.3) is 0 Å². The van der Waals surface area contributed by atoms with Crippen molar-refractivity contribution < 1.29 is 29.0 Å². The molecule has 0 saturated heterocycles. The highest BCUT2D eigenvalue weighted by Crippen LogP contribution is 2.34. The average Bonchev–Trinajstić information content (AvgIpc) is 2.97. The molecule has 0 heterocycles. The van der Waals surface area contributed by atoms with Crippen LogP contribution in [0.15, 0.2) is 42.5 Å². The number of rotatable bonds is 15. The van der Waals surface area contributed by atoms with Crippen molar-refractivity contribution >= 4 is 17.7 Å². The van der Waals surface area contributed by atoms with Crippen LogP contribution in [-0.2, 0) is 36.7 Å². The maximum atomic E-state index is 12.0. The van der Waals surface area contributed by atoms with Gasteiger partial charge in [0.2, 0.25) is 0 Å². The van der Waals surface area contributed by atoms with E-state index < -0.39 is 24.3 Å². The van der Waals surface area contributed by atoms with E-state index in [-0.39, 0.29) is 19.1 Å². The number of aliphatic hydroxyl groups excluding tert-OH is 1. The van der Waals surface area contributed by atoms with Crippen LogP contribution in [-0.4, -0.2) is 42.6 Å². The van der Waals surface area contributed by atoms with Gasteiger partial charge in [0.25, 0.3) is 5.78 Å². The van der Waals surface area contributed by atoms with Crippen molar-refractivity contribution in [1.29, 1.82) is 0 Å². The first-order valence-corrected chi connectivity index (χ1v) is 15.2. The van der Waals surface area contributed by atoms with Gasteiger partial charge in [0, 0.05) is 11.5 Å². The maximum Gasteiger partial charge on any atom is 0.377 e. The Hall–Kier alpha value is -2.73. The largest absolute Gasteiger partial charge is 0.462 e. The summed E-state index contributed by atoms with van der Waals surface area (Å²) in [5.41, 5.74) is 4.02. The van der Waals surface area contributed by atoms with Gasteiger partial charge in [-0.15, -0.1) is 0 Å². The summed E-state index contributed by atoms with van der Waals surface area (Å²) in [6, 6.07) is 6.45. The fourth-order valence-electron chi connectivity index (χ4n) is 5.97. The first-order chi connectivity index (χ1) is 19.3. The lowest BCUT2D eigenvalue weighted by Gasteiger charge is -2.28. The molecule has 0 aliphatic heterocycles. The third-order valence-corrected chi connectivity index (χ3v) is 8.57. The van der Waals surface area contributed by atoms with Crippen LogP contribution in [0, 0.1) is 17.8 Å². The van der Waals surface area contributed by atoms with E-state index >= 15 is 0 Å². The fourth-order valence-corrected chi connectivity index (χ4v) is 5.97. The van der Waals surface area contributed by atoms with Gasteiger partial charge in [-0.2, -0.15) is 0 Å². The van der Waals surface area contributed by atoms with Crippen LogP contribution < -0.4 is 0 Å². The first kappa shape index (κ1) is 31.8. The number of unbranched alkanes of at least 4 members (excludes halogenated alkanes) is 2. The Bertz CT molecular complexity index is 1030. The topological polar surface area (TPSA) is 89.9 Å². The molecule has 1 aromatic carbocycles. The molecule has 2 atom stereocenters. The van der Waals surface area contributed by atoms with E-state index in [1.807, 2.05) is 0 Å². The number of hydrogen-bond acceptors (Lipinski definition) is 6.